The zero-order chi connectivity index (χ0) is 11.9. The van der Waals surface area contributed by atoms with E-state index in [-0.39, 0.29) is 0 Å². The Hall–Kier alpha value is -1.84. The van der Waals surface area contributed by atoms with Crippen molar-refractivity contribution < 1.29 is 9.90 Å². The Labute approximate surface area is 93.5 Å². The van der Waals surface area contributed by atoms with Crippen LogP contribution in [0.2, 0.25) is 0 Å². The Bertz CT molecular complexity index is 555. The molecule has 0 aliphatic heterocycles. The summed E-state index contributed by atoms with van der Waals surface area (Å²) in [6.07, 6.45) is 1.77. The van der Waals surface area contributed by atoms with Gasteiger partial charge in [0.2, 0.25) is 0 Å². The van der Waals surface area contributed by atoms with Gasteiger partial charge in [0.25, 0.3) is 0 Å². The second-order valence-corrected chi connectivity index (χ2v) is 4.42. The average molecular weight is 218 g/mol. The van der Waals surface area contributed by atoms with Crippen LogP contribution < -0.4 is 0 Å². The number of hydrogen-bond donors (Lipinski definition) is 1. The van der Waals surface area contributed by atoms with E-state index in [1.54, 1.807) is 24.6 Å². The molecule has 16 heavy (non-hydrogen) atoms. The maximum absolute atomic E-state index is 11.2. The zero-order valence-electron chi connectivity index (χ0n) is 9.56. The van der Waals surface area contributed by atoms with Gasteiger partial charge in [0.1, 0.15) is 11.2 Å². The van der Waals surface area contributed by atoms with Crippen molar-refractivity contribution in [2.24, 2.45) is 0 Å². The molecule has 4 nitrogen and oxygen atoms in total. The number of rotatable bonds is 2. The fraction of sp³-hybridized carbons (Fsp3) is 0.333. The minimum absolute atomic E-state index is 0.715. The highest BCUT2D eigenvalue weighted by Crippen LogP contribution is 2.23. The number of fused-ring (bicyclic) bond motifs is 1. The number of carboxylic acids is 1. The first-order valence-electron chi connectivity index (χ1n) is 5.11. The molecule has 0 bridgehead atoms. The third-order valence-electron chi connectivity index (χ3n) is 2.80. The average Bonchev–Trinajstić information content (AvgIpc) is 2.60. The van der Waals surface area contributed by atoms with Gasteiger partial charge >= 0.3 is 5.97 Å². The molecule has 4 heteroatoms. The topological polar surface area (TPSA) is 55.1 Å². The van der Waals surface area contributed by atoms with Crippen molar-refractivity contribution in [3.05, 3.63) is 30.1 Å². The number of aryl methyl sites for hydroxylation is 1. The summed E-state index contributed by atoms with van der Waals surface area (Å²) >= 11 is 0. The highest BCUT2D eigenvalue weighted by atomic mass is 16.4. The lowest BCUT2D eigenvalue weighted by Crippen LogP contribution is -2.35. The zero-order valence-corrected chi connectivity index (χ0v) is 9.56. The second-order valence-electron chi connectivity index (χ2n) is 4.42. The fourth-order valence-corrected chi connectivity index (χ4v) is 1.66. The summed E-state index contributed by atoms with van der Waals surface area (Å²) in [5.74, 6) is -0.867. The number of pyridine rings is 1. The van der Waals surface area contributed by atoms with Gasteiger partial charge in [-0.25, -0.2) is 9.78 Å². The van der Waals surface area contributed by atoms with E-state index in [0.717, 1.165) is 11.1 Å². The van der Waals surface area contributed by atoms with Crippen LogP contribution in [0.15, 0.2) is 24.4 Å². The van der Waals surface area contributed by atoms with Crippen LogP contribution in [0.3, 0.4) is 0 Å². The standard InChI is InChI=1S/C12H14N2O2/c1-8-4-5-9-6-7-14(10(9)13-8)12(2,3)11(15)16/h4-7H,1-3H3,(H,15,16). The first-order chi connectivity index (χ1) is 7.43. The van der Waals surface area contributed by atoms with Gasteiger partial charge in [0.15, 0.2) is 0 Å². The molecule has 0 atom stereocenters. The van der Waals surface area contributed by atoms with Gasteiger partial charge in [-0.3, -0.25) is 0 Å². The summed E-state index contributed by atoms with van der Waals surface area (Å²) in [6.45, 7) is 5.22. The molecule has 0 aromatic carbocycles. The third-order valence-corrected chi connectivity index (χ3v) is 2.80. The van der Waals surface area contributed by atoms with E-state index >= 15 is 0 Å². The number of aromatic nitrogens is 2. The van der Waals surface area contributed by atoms with Gasteiger partial charge in [-0.05, 0) is 39.0 Å². The SMILES string of the molecule is Cc1ccc2ccn(C(C)(C)C(=O)O)c2n1. The Balaban J connectivity index is 2.70. The van der Waals surface area contributed by atoms with Gasteiger partial charge < -0.3 is 9.67 Å². The van der Waals surface area contributed by atoms with Gasteiger partial charge in [0.05, 0.1) is 0 Å². The molecule has 1 N–H and O–H groups in total. The summed E-state index contributed by atoms with van der Waals surface area (Å²) in [4.78, 5) is 15.6. The molecule has 0 spiro atoms. The van der Waals surface area contributed by atoms with Gasteiger partial charge in [-0.15, -0.1) is 0 Å². The molecule has 0 aliphatic rings. The maximum atomic E-state index is 11.2. The third kappa shape index (κ3) is 1.46. The van der Waals surface area contributed by atoms with Gasteiger partial charge in [0, 0.05) is 17.3 Å². The van der Waals surface area contributed by atoms with Crippen molar-refractivity contribution in [1.82, 2.24) is 9.55 Å². The number of nitrogens with zero attached hydrogens (tertiary/aromatic N) is 2. The van der Waals surface area contributed by atoms with E-state index < -0.39 is 11.5 Å². The Kier molecular flexibility index (Phi) is 2.22. The Morgan fingerprint density at radius 3 is 2.69 bits per heavy atom. The molecule has 2 heterocycles. The predicted octanol–water partition coefficient (Wildman–Crippen LogP) is 2.16. The van der Waals surface area contributed by atoms with Crippen molar-refractivity contribution in [2.45, 2.75) is 26.3 Å². The van der Waals surface area contributed by atoms with E-state index in [1.807, 2.05) is 25.1 Å². The molecular formula is C12H14N2O2. The minimum Gasteiger partial charge on any atom is -0.480 e. The fourth-order valence-electron chi connectivity index (χ4n) is 1.66. The van der Waals surface area contributed by atoms with Crippen LogP contribution in [-0.2, 0) is 10.3 Å². The molecule has 0 fully saturated rings. The lowest BCUT2D eigenvalue weighted by Gasteiger charge is -2.22. The summed E-state index contributed by atoms with van der Waals surface area (Å²) < 4.78 is 1.69. The van der Waals surface area contributed by atoms with Crippen LogP contribution in [0.4, 0.5) is 0 Å². The molecular weight excluding hydrogens is 204 g/mol. The highest BCUT2D eigenvalue weighted by molar-refractivity contribution is 5.82. The molecule has 0 aliphatic carbocycles. The quantitative estimate of drug-likeness (QED) is 0.840. The lowest BCUT2D eigenvalue weighted by molar-refractivity contribution is -0.145. The first kappa shape index (κ1) is 10.7. The number of aliphatic carboxylic acids is 1. The number of hydrogen-bond acceptors (Lipinski definition) is 2. The molecule has 0 saturated heterocycles. The van der Waals surface area contributed by atoms with Crippen molar-refractivity contribution in [2.75, 3.05) is 0 Å². The van der Waals surface area contributed by atoms with Crippen molar-refractivity contribution >= 4 is 17.0 Å². The monoisotopic (exact) mass is 218 g/mol. The van der Waals surface area contributed by atoms with Gasteiger partial charge in [-0.1, -0.05) is 0 Å². The van der Waals surface area contributed by atoms with Crippen LogP contribution in [0.1, 0.15) is 19.5 Å². The van der Waals surface area contributed by atoms with Crippen LogP contribution in [0, 0.1) is 6.92 Å². The predicted molar refractivity (Wildman–Crippen MR) is 61.4 cm³/mol. The van der Waals surface area contributed by atoms with Crippen molar-refractivity contribution in [1.29, 1.82) is 0 Å². The van der Waals surface area contributed by atoms with E-state index in [9.17, 15) is 9.90 Å². The molecule has 0 saturated carbocycles. The molecule has 2 aromatic heterocycles. The molecule has 0 unspecified atom stereocenters. The Morgan fingerprint density at radius 1 is 1.38 bits per heavy atom. The molecule has 2 rings (SSSR count). The van der Waals surface area contributed by atoms with Crippen LogP contribution in [0.25, 0.3) is 11.0 Å². The maximum Gasteiger partial charge on any atom is 0.329 e. The summed E-state index contributed by atoms with van der Waals surface area (Å²) in [7, 11) is 0. The molecule has 2 aromatic rings. The van der Waals surface area contributed by atoms with Crippen LogP contribution in [0.5, 0.6) is 0 Å². The lowest BCUT2D eigenvalue weighted by atomic mass is 10.1. The highest BCUT2D eigenvalue weighted by Gasteiger charge is 2.30. The summed E-state index contributed by atoms with van der Waals surface area (Å²) in [6, 6.07) is 5.75. The van der Waals surface area contributed by atoms with E-state index in [0.29, 0.717) is 5.65 Å². The smallest absolute Gasteiger partial charge is 0.329 e. The number of carbonyl (C=O) groups is 1. The normalized spacial score (nSPS) is 11.9. The Morgan fingerprint density at radius 2 is 2.06 bits per heavy atom. The summed E-state index contributed by atoms with van der Waals surface area (Å²) in [5.41, 5.74) is 0.615. The van der Waals surface area contributed by atoms with Crippen molar-refractivity contribution in [3.63, 3.8) is 0 Å². The van der Waals surface area contributed by atoms with Gasteiger partial charge in [-0.2, -0.15) is 0 Å². The minimum atomic E-state index is -0.984. The first-order valence-corrected chi connectivity index (χ1v) is 5.11. The van der Waals surface area contributed by atoms with Crippen LogP contribution in [-0.4, -0.2) is 20.6 Å². The molecule has 0 amide bonds. The van der Waals surface area contributed by atoms with Crippen molar-refractivity contribution in [3.8, 4) is 0 Å². The van der Waals surface area contributed by atoms with E-state index in [4.69, 9.17) is 0 Å². The van der Waals surface area contributed by atoms with Crippen LogP contribution >= 0.6 is 0 Å². The van der Waals surface area contributed by atoms with E-state index in [1.165, 1.54) is 0 Å². The van der Waals surface area contributed by atoms with E-state index in [2.05, 4.69) is 4.98 Å². The summed E-state index contributed by atoms with van der Waals surface area (Å²) in [5, 5.41) is 10.2. The number of carboxylic acid groups (broad SMARTS) is 1. The second kappa shape index (κ2) is 3.33. The molecule has 0 radical (unpaired) electrons. The molecule has 84 valence electrons. The largest absolute Gasteiger partial charge is 0.480 e.